The van der Waals surface area contributed by atoms with Gasteiger partial charge in [-0.25, -0.2) is 0 Å². The van der Waals surface area contributed by atoms with Crippen molar-refractivity contribution in [2.24, 2.45) is 0 Å². The zero-order chi connectivity index (χ0) is 24.9. The molecular formula is C25H20N2O6S2. The van der Waals surface area contributed by atoms with Gasteiger partial charge in [-0.15, -0.1) is 0 Å². The first-order chi connectivity index (χ1) is 16.9. The molecule has 3 aromatic rings. The summed E-state index contributed by atoms with van der Waals surface area (Å²) in [5, 5.41) is 11.0. The normalized spacial score (nSPS) is 14.3. The molecular weight excluding hydrogens is 488 g/mol. The van der Waals surface area contributed by atoms with Gasteiger partial charge in [0.2, 0.25) is 0 Å². The molecule has 8 nitrogen and oxygen atoms in total. The second-order valence-electron chi connectivity index (χ2n) is 7.34. The molecule has 4 rings (SSSR count). The fraction of sp³-hybridized carbons (Fsp3) is 0.120. The van der Waals surface area contributed by atoms with Gasteiger partial charge >= 0.3 is 0 Å². The Labute approximate surface area is 211 Å². The number of thioether (sulfide) groups is 1. The van der Waals surface area contributed by atoms with E-state index in [2.05, 4.69) is 0 Å². The van der Waals surface area contributed by atoms with Crippen LogP contribution in [0, 0.1) is 10.1 Å². The van der Waals surface area contributed by atoms with E-state index in [0.29, 0.717) is 37.7 Å². The van der Waals surface area contributed by atoms with Crippen LogP contribution < -0.4 is 19.1 Å². The number of rotatable bonds is 8. The summed E-state index contributed by atoms with van der Waals surface area (Å²) in [5.74, 6) is 1.42. The number of hydrogen-bond acceptors (Lipinski definition) is 8. The van der Waals surface area contributed by atoms with Gasteiger partial charge < -0.3 is 14.2 Å². The predicted octanol–water partition coefficient (Wildman–Crippen LogP) is 5.60. The minimum Gasteiger partial charge on any atom is -0.497 e. The molecule has 1 saturated heterocycles. The number of non-ortho nitro benzene ring substituents is 1. The van der Waals surface area contributed by atoms with Gasteiger partial charge in [0.1, 0.15) is 12.4 Å². The van der Waals surface area contributed by atoms with Crippen LogP contribution in [-0.4, -0.2) is 29.4 Å². The minimum absolute atomic E-state index is 0.000340. The van der Waals surface area contributed by atoms with Crippen molar-refractivity contribution in [3.05, 3.63) is 92.9 Å². The average molecular weight is 509 g/mol. The van der Waals surface area contributed by atoms with Crippen LogP contribution in [0.3, 0.4) is 0 Å². The molecule has 0 aliphatic carbocycles. The van der Waals surface area contributed by atoms with Gasteiger partial charge in [0.05, 0.1) is 29.7 Å². The SMILES string of the molecule is COc1ccc(N2C(=O)/C(=C\c3ccc(OCc4cccc([N+](=O)[O-])c4)c(OC)c3)SC2=S)cc1. The second-order valence-corrected chi connectivity index (χ2v) is 9.02. The number of carbonyl (C=O) groups excluding carboxylic acids is 1. The lowest BCUT2D eigenvalue weighted by Gasteiger charge is -2.14. The summed E-state index contributed by atoms with van der Waals surface area (Å²) in [4.78, 5) is 25.5. The van der Waals surface area contributed by atoms with Crippen LogP contribution in [-0.2, 0) is 11.4 Å². The molecule has 1 aliphatic rings. The highest BCUT2D eigenvalue weighted by Crippen LogP contribution is 2.37. The van der Waals surface area contributed by atoms with E-state index in [0.717, 1.165) is 5.56 Å². The number of thiocarbonyl (C=S) groups is 1. The molecule has 0 aromatic heterocycles. The quantitative estimate of drug-likeness (QED) is 0.168. The first-order valence-electron chi connectivity index (χ1n) is 10.4. The molecule has 35 heavy (non-hydrogen) atoms. The van der Waals surface area contributed by atoms with Crippen LogP contribution >= 0.6 is 24.0 Å². The van der Waals surface area contributed by atoms with Crippen LogP contribution in [0.4, 0.5) is 11.4 Å². The topological polar surface area (TPSA) is 91.1 Å². The molecule has 3 aromatic carbocycles. The third kappa shape index (κ3) is 5.44. The molecule has 1 amide bonds. The van der Waals surface area contributed by atoms with Crippen molar-refractivity contribution in [3.8, 4) is 17.2 Å². The van der Waals surface area contributed by atoms with E-state index in [1.807, 2.05) is 0 Å². The van der Waals surface area contributed by atoms with Gasteiger partial charge in [0.25, 0.3) is 11.6 Å². The largest absolute Gasteiger partial charge is 0.497 e. The lowest BCUT2D eigenvalue weighted by molar-refractivity contribution is -0.384. The van der Waals surface area contributed by atoms with Crippen molar-refractivity contribution >= 4 is 51.7 Å². The lowest BCUT2D eigenvalue weighted by atomic mass is 10.1. The Kier molecular flexibility index (Phi) is 7.33. The number of hydrogen-bond donors (Lipinski definition) is 0. The van der Waals surface area contributed by atoms with E-state index in [4.69, 9.17) is 26.4 Å². The number of anilines is 1. The van der Waals surface area contributed by atoms with Crippen LogP contribution in [0.5, 0.6) is 17.2 Å². The Morgan fingerprint density at radius 3 is 2.49 bits per heavy atom. The first kappa shape index (κ1) is 24.2. The van der Waals surface area contributed by atoms with Gasteiger partial charge in [-0.3, -0.25) is 19.8 Å². The number of amides is 1. The Morgan fingerprint density at radius 2 is 1.80 bits per heavy atom. The molecule has 10 heteroatoms. The summed E-state index contributed by atoms with van der Waals surface area (Å²) < 4.78 is 16.9. The summed E-state index contributed by atoms with van der Waals surface area (Å²) in [6.07, 6.45) is 1.75. The van der Waals surface area contributed by atoms with Crippen molar-refractivity contribution in [2.45, 2.75) is 6.61 Å². The summed E-state index contributed by atoms with van der Waals surface area (Å²) >= 11 is 6.66. The zero-order valence-corrected chi connectivity index (χ0v) is 20.4. The van der Waals surface area contributed by atoms with Crippen LogP contribution in [0.1, 0.15) is 11.1 Å². The summed E-state index contributed by atoms with van der Waals surface area (Å²) in [7, 11) is 3.10. The van der Waals surface area contributed by atoms with Gasteiger partial charge in [-0.1, -0.05) is 42.2 Å². The summed E-state index contributed by atoms with van der Waals surface area (Å²) in [5.41, 5.74) is 2.06. The Balaban J connectivity index is 1.51. The second kappa shape index (κ2) is 10.6. The predicted molar refractivity (Wildman–Crippen MR) is 139 cm³/mol. The van der Waals surface area contributed by atoms with Crippen molar-refractivity contribution in [1.82, 2.24) is 0 Å². The fourth-order valence-electron chi connectivity index (χ4n) is 3.39. The monoisotopic (exact) mass is 508 g/mol. The molecule has 0 saturated carbocycles. The molecule has 1 fully saturated rings. The van der Waals surface area contributed by atoms with E-state index in [9.17, 15) is 14.9 Å². The standard InChI is InChI=1S/C25H20N2O6S2/c1-31-20-9-7-18(8-10-20)26-24(28)23(35-25(26)34)14-16-6-11-21(22(13-16)32-2)33-15-17-4-3-5-19(12-17)27(29)30/h3-14H,15H2,1-2H3/b23-14+. The van der Waals surface area contributed by atoms with Gasteiger partial charge in [0, 0.05) is 12.1 Å². The smallest absolute Gasteiger partial charge is 0.270 e. The third-order valence-electron chi connectivity index (χ3n) is 5.13. The average Bonchev–Trinajstić information content (AvgIpc) is 3.15. The number of nitrogens with zero attached hydrogens (tertiary/aromatic N) is 2. The molecule has 0 N–H and O–H groups in total. The number of carbonyl (C=O) groups is 1. The first-order valence-corrected chi connectivity index (χ1v) is 11.6. The van der Waals surface area contributed by atoms with Crippen molar-refractivity contribution in [3.63, 3.8) is 0 Å². The highest BCUT2D eigenvalue weighted by molar-refractivity contribution is 8.27. The Morgan fingerprint density at radius 1 is 1.03 bits per heavy atom. The van der Waals surface area contributed by atoms with Crippen LogP contribution in [0.15, 0.2) is 71.6 Å². The maximum absolute atomic E-state index is 13.0. The lowest BCUT2D eigenvalue weighted by Crippen LogP contribution is -2.27. The van der Waals surface area contributed by atoms with Crippen molar-refractivity contribution in [1.29, 1.82) is 0 Å². The molecule has 0 atom stereocenters. The van der Waals surface area contributed by atoms with Gasteiger partial charge in [-0.05, 0) is 53.6 Å². The maximum Gasteiger partial charge on any atom is 0.270 e. The van der Waals surface area contributed by atoms with Gasteiger partial charge in [-0.2, -0.15) is 0 Å². The van der Waals surface area contributed by atoms with E-state index in [-0.39, 0.29) is 18.2 Å². The zero-order valence-electron chi connectivity index (χ0n) is 18.8. The number of nitro groups is 1. The minimum atomic E-state index is -0.448. The number of methoxy groups -OCH3 is 2. The fourth-order valence-corrected chi connectivity index (χ4v) is 4.69. The van der Waals surface area contributed by atoms with Crippen LogP contribution in [0.2, 0.25) is 0 Å². The number of nitro benzene ring substituents is 1. The number of benzene rings is 3. The third-order valence-corrected chi connectivity index (χ3v) is 6.43. The van der Waals surface area contributed by atoms with E-state index in [1.54, 1.807) is 67.8 Å². The number of ether oxygens (including phenoxy) is 3. The highest BCUT2D eigenvalue weighted by atomic mass is 32.2. The molecule has 1 aliphatic heterocycles. The van der Waals surface area contributed by atoms with E-state index in [1.165, 1.54) is 35.9 Å². The van der Waals surface area contributed by atoms with Gasteiger partial charge in [0.15, 0.2) is 15.8 Å². The highest BCUT2D eigenvalue weighted by Gasteiger charge is 2.33. The molecule has 0 spiro atoms. The van der Waals surface area contributed by atoms with E-state index >= 15 is 0 Å². The summed E-state index contributed by atoms with van der Waals surface area (Å²) in [6.45, 7) is 0.137. The van der Waals surface area contributed by atoms with Crippen LogP contribution in [0.25, 0.3) is 6.08 Å². The molecule has 178 valence electrons. The van der Waals surface area contributed by atoms with E-state index < -0.39 is 4.92 Å². The molecule has 0 bridgehead atoms. The molecule has 0 radical (unpaired) electrons. The Hall–Kier alpha value is -3.89. The van der Waals surface area contributed by atoms with Crippen molar-refractivity contribution < 1.29 is 23.9 Å². The summed E-state index contributed by atoms with van der Waals surface area (Å²) in [6, 6.07) is 18.6. The van der Waals surface area contributed by atoms with Crippen molar-refractivity contribution in [2.75, 3.05) is 19.1 Å². The maximum atomic E-state index is 13.0. The Bertz CT molecular complexity index is 1320. The molecule has 0 unspecified atom stereocenters. The molecule has 1 heterocycles.